The SMILES string of the molecule is CCN1CCN(Cc2nc3ccccc3n2C(F)F)CC1. The van der Waals surface area contributed by atoms with Crippen LogP contribution in [-0.4, -0.2) is 52.1 Å². The molecule has 114 valence electrons. The summed E-state index contributed by atoms with van der Waals surface area (Å²) in [5.41, 5.74) is 1.15. The van der Waals surface area contributed by atoms with Gasteiger partial charge in [-0.15, -0.1) is 0 Å². The number of nitrogens with zero attached hydrogens (tertiary/aromatic N) is 4. The second kappa shape index (κ2) is 6.07. The lowest BCUT2D eigenvalue weighted by atomic mass is 10.3. The summed E-state index contributed by atoms with van der Waals surface area (Å²) < 4.78 is 27.8. The summed E-state index contributed by atoms with van der Waals surface area (Å²) in [6.45, 7) is 4.91. The van der Waals surface area contributed by atoms with Crippen LogP contribution in [-0.2, 0) is 6.54 Å². The number of imidazole rings is 1. The number of fused-ring (bicyclic) bond motifs is 1. The Morgan fingerprint density at radius 1 is 1.10 bits per heavy atom. The summed E-state index contributed by atoms with van der Waals surface area (Å²) in [6, 6.07) is 7.08. The minimum atomic E-state index is -2.55. The first-order chi connectivity index (χ1) is 10.2. The van der Waals surface area contributed by atoms with E-state index in [1.54, 1.807) is 18.2 Å². The number of halogens is 2. The van der Waals surface area contributed by atoms with Gasteiger partial charge in [0, 0.05) is 26.2 Å². The minimum absolute atomic E-state index is 0.455. The first-order valence-electron chi connectivity index (χ1n) is 7.37. The number of aromatic nitrogens is 2. The Kier molecular flexibility index (Phi) is 4.17. The van der Waals surface area contributed by atoms with Gasteiger partial charge in [-0.1, -0.05) is 19.1 Å². The molecule has 1 fully saturated rings. The third-order valence-corrected chi connectivity index (χ3v) is 4.14. The van der Waals surface area contributed by atoms with Gasteiger partial charge in [-0.3, -0.25) is 9.47 Å². The van der Waals surface area contributed by atoms with Crippen molar-refractivity contribution in [3.63, 3.8) is 0 Å². The molecule has 1 aromatic carbocycles. The predicted octanol–water partition coefficient (Wildman–Crippen LogP) is 2.57. The van der Waals surface area contributed by atoms with E-state index < -0.39 is 6.55 Å². The van der Waals surface area contributed by atoms with E-state index in [9.17, 15) is 8.78 Å². The normalized spacial score (nSPS) is 17.9. The van der Waals surface area contributed by atoms with Gasteiger partial charge < -0.3 is 4.90 Å². The molecule has 0 radical (unpaired) electrons. The van der Waals surface area contributed by atoms with E-state index in [1.165, 1.54) is 0 Å². The second-order valence-corrected chi connectivity index (χ2v) is 5.37. The zero-order valence-electron chi connectivity index (χ0n) is 12.2. The number of hydrogen-bond donors (Lipinski definition) is 0. The van der Waals surface area contributed by atoms with Crippen LogP contribution in [0.25, 0.3) is 11.0 Å². The van der Waals surface area contributed by atoms with Crippen LogP contribution in [0, 0.1) is 0 Å². The van der Waals surface area contributed by atoms with Gasteiger partial charge in [-0.05, 0) is 18.7 Å². The highest BCUT2D eigenvalue weighted by Crippen LogP contribution is 2.24. The van der Waals surface area contributed by atoms with Crippen LogP contribution < -0.4 is 0 Å². The number of alkyl halides is 2. The fraction of sp³-hybridized carbons (Fsp3) is 0.533. The Morgan fingerprint density at radius 2 is 1.76 bits per heavy atom. The summed E-state index contributed by atoms with van der Waals surface area (Å²) in [5, 5.41) is 0. The third kappa shape index (κ3) is 2.91. The van der Waals surface area contributed by atoms with Gasteiger partial charge in [0.1, 0.15) is 5.82 Å². The van der Waals surface area contributed by atoms with Crippen molar-refractivity contribution in [2.75, 3.05) is 32.7 Å². The van der Waals surface area contributed by atoms with Crippen LogP contribution >= 0.6 is 0 Å². The molecule has 1 aliphatic heterocycles. The van der Waals surface area contributed by atoms with Crippen molar-refractivity contribution >= 4 is 11.0 Å². The number of benzene rings is 1. The summed E-state index contributed by atoms with van der Waals surface area (Å²) >= 11 is 0. The number of likely N-dealkylation sites (N-methyl/N-ethyl adjacent to an activating group) is 1. The standard InChI is InChI=1S/C15H20F2N4/c1-2-19-7-9-20(10-8-19)11-14-18-12-5-3-4-6-13(12)21(14)15(16)17/h3-6,15H,2,7-11H2,1H3. The molecule has 0 atom stereocenters. The predicted molar refractivity (Wildman–Crippen MR) is 78.4 cm³/mol. The summed E-state index contributed by atoms with van der Waals surface area (Å²) in [5.74, 6) is 0.455. The van der Waals surface area contributed by atoms with Crippen molar-refractivity contribution in [2.45, 2.75) is 20.0 Å². The van der Waals surface area contributed by atoms with Gasteiger partial charge in [0.05, 0.1) is 17.6 Å². The third-order valence-electron chi connectivity index (χ3n) is 4.14. The van der Waals surface area contributed by atoms with Gasteiger partial charge in [0.25, 0.3) is 0 Å². The summed E-state index contributed by atoms with van der Waals surface area (Å²) in [7, 11) is 0. The Bertz CT molecular complexity index is 603. The van der Waals surface area contributed by atoms with E-state index >= 15 is 0 Å². The average molecular weight is 294 g/mol. The van der Waals surface area contributed by atoms with Gasteiger partial charge >= 0.3 is 6.55 Å². The van der Waals surface area contributed by atoms with Crippen molar-refractivity contribution in [2.24, 2.45) is 0 Å². The van der Waals surface area contributed by atoms with Gasteiger partial charge in [0.15, 0.2) is 0 Å². The monoisotopic (exact) mass is 294 g/mol. The van der Waals surface area contributed by atoms with E-state index in [-0.39, 0.29) is 0 Å². The average Bonchev–Trinajstić information content (AvgIpc) is 2.86. The number of hydrogen-bond acceptors (Lipinski definition) is 3. The molecule has 4 nitrogen and oxygen atoms in total. The Labute approximate surface area is 123 Å². The molecule has 6 heteroatoms. The van der Waals surface area contributed by atoms with Crippen LogP contribution in [0.1, 0.15) is 19.3 Å². The van der Waals surface area contributed by atoms with Crippen LogP contribution in [0.15, 0.2) is 24.3 Å². The lowest BCUT2D eigenvalue weighted by Gasteiger charge is -2.33. The Hall–Kier alpha value is -1.53. The van der Waals surface area contributed by atoms with Crippen LogP contribution in [0.5, 0.6) is 0 Å². The van der Waals surface area contributed by atoms with Crippen LogP contribution in [0.3, 0.4) is 0 Å². The van der Waals surface area contributed by atoms with E-state index in [1.807, 2.05) is 6.07 Å². The molecule has 0 bridgehead atoms. The van der Waals surface area contributed by atoms with E-state index in [2.05, 4.69) is 21.7 Å². The second-order valence-electron chi connectivity index (χ2n) is 5.37. The first kappa shape index (κ1) is 14.4. The fourth-order valence-electron chi connectivity index (χ4n) is 2.89. The van der Waals surface area contributed by atoms with Crippen molar-refractivity contribution in [1.29, 1.82) is 0 Å². The molecule has 0 N–H and O–H groups in total. The summed E-state index contributed by atoms with van der Waals surface area (Å²) in [6.07, 6.45) is 0. The zero-order valence-corrected chi connectivity index (χ0v) is 12.2. The molecule has 1 aliphatic rings. The molecular weight excluding hydrogens is 274 g/mol. The van der Waals surface area contributed by atoms with Crippen molar-refractivity contribution in [3.05, 3.63) is 30.1 Å². The highest BCUT2D eigenvalue weighted by molar-refractivity contribution is 5.75. The summed E-state index contributed by atoms with van der Waals surface area (Å²) in [4.78, 5) is 8.96. The van der Waals surface area contributed by atoms with Gasteiger partial charge in [0.2, 0.25) is 0 Å². The van der Waals surface area contributed by atoms with Crippen LogP contribution in [0.2, 0.25) is 0 Å². The lowest BCUT2D eigenvalue weighted by molar-refractivity contribution is 0.0651. The Balaban J connectivity index is 1.82. The zero-order chi connectivity index (χ0) is 14.8. The largest absolute Gasteiger partial charge is 0.320 e. The van der Waals surface area contributed by atoms with Gasteiger partial charge in [-0.2, -0.15) is 8.78 Å². The fourth-order valence-corrected chi connectivity index (χ4v) is 2.89. The van der Waals surface area contributed by atoms with Crippen LogP contribution in [0.4, 0.5) is 8.78 Å². The molecule has 0 aliphatic carbocycles. The lowest BCUT2D eigenvalue weighted by Crippen LogP contribution is -2.45. The number of piperazine rings is 1. The highest BCUT2D eigenvalue weighted by atomic mass is 19.3. The molecule has 1 aromatic heterocycles. The quantitative estimate of drug-likeness (QED) is 0.866. The molecule has 0 spiro atoms. The smallest absolute Gasteiger partial charge is 0.301 e. The highest BCUT2D eigenvalue weighted by Gasteiger charge is 2.21. The van der Waals surface area contributed by atoms with Gasteiger partial charge in [-0.25, -0.2) is 4.98 Å². The maximum absolute atomic E-state index is 13.4. The Morgan fingerprint density at radius 3 is 2.43 bits per heavy atom. The molecule has 1 saturated heterocycles. The first-order valence-corrected chi connectivity index (χ1v) is 7.37. The minimum Gasteiger partial charge on any atom is -0.301 e. The van der Waals surface area contributed by atoms with Crippen molar-refractivity contribution in [3.8, 4) is 0 Å². The number of rotatable bonds is 4. The molecule has 0 unspecified atom stereocenters. The topological polar surface area (TPSA) is 24.3 Å². The van der Waals surface area contributed by atoms with Crippen molar-refractivity contribution in [1.82, 2.24) is 19.4 Å². The van der Waals surface area contributed by atoms with Crippen molar-refractivity contribution < 1.29 is 8.78 Å². The molecular formula is C15H20F2N4. The molecule has 0 saturated carbocycles. The molecule has 21 heavy (non-hydrogen) atoms. The maximum Gasteiger partial charge on any atom is 0.320 e. The number of para-hydroxylation sites is 2. The van der Waals surface area contributed by atoms with E-state index in [4.69, 9.17) is 0 Å². The molecule has 3 rings (SSSR count). The molecule has 2 heterocycles. The maximum atomic E-state index is 13.4. The van der Waals surface area contributed by atoms with E-state index in [0.29, 0.717) is 23.4 Å². The van der Waals surface area contributed by atoms with E-state index in [0.717, 1.165) is 37.3 Å². The molecule has 0 amide bonds. The molecule has 2 aromatic rings.